The number of hydrogen-bond donors (Lipinski definition) is 0. The van der Waals surface area contributed by atoms with Crippen LogP contribution in [0.5, 0.6) is 0 Å². The summed E-state index contributed by atoms with van der Waals surface area (Å²) < 4.78 is 7.00. The lowest BCUT2D eigenvalue weighted by molar-refractivity contribution is 0.0971. The quantitative estimate of drug-likeness (QED) is 0.354. The van der Waals surface area contributed by atoms with Crippen LogP contribution in [0.2, 0.25) is 0 Å². The number of hydrogen-bond acceptors (Lipinski definition) is 6. The smallest absolute Gasteiger partial charge is 0.297 e. The second-order valence-corrected chi connectivity index (χ2v) is 9.40. The highest BCUT2D eigenvalue weighted by Gasteiger charge is 2.45. The van der Waals surface area contributed by atoms with Gasteiger partial charge < -0.3 is 4.42 Å². The molecule has 0 saturated carbocycles. The molecule has 152 valence electrons. The van der Waals surface area contributed by atoms with E-state index in [0.29, 0.717) is 21.7 Å². The third-order valence-corrected chi connectivity index (χ3v) is 7.59. The van der Waals surface area contributed by atoms with Crippen LogP contribution in [0.25, 0.3) is 21.2 Å². The number of amides is 1. The highest BCUT2D eigenvalue weighted by atomic mass is 32.1. The van der Waals surface area contributed by atoms with Crippen molar-refractivity contribution in [1.29, 1.82) is 0 Å². The van der Waals surface area contributed by atoms with Gasteiger partial charge >= 0.3 is 0 Å². The number of carbonyl (C=O) groups excluding carboxylic acids is 1. The number of carbonyl (C=O) groups is 1. The molecule has 3 aromatic heterocycles. The minimum absolute atomic E-state index is 0.107. The van der Waals surface area contributed by atoms with Crippen molar-refractivity contribution in [2.45, 2.75) is 19.4 Å². The van der Waals surface area contributed by atoms with Gasteiger partial charge in [-0.2, -0.15) is 0 Å². The molecule has 1 amide bonds. The Hall–Kier alpha value is -3.29. The highest BCUT2D eigenvalue weighted by Crippen LogP contribution is 2.44. The summed E-state index contributed by atoms with van der Waals surface area (Å²) >= 11 is 2.98. The fourth-order valence-electron chi connectivity index (χ4n) is 4.11. The second kappa shape index (κ2) is 6.87. The molecule has 1 aliphatic heterocycles. The highest BCUT2D eigenvalue weighted by molar-refractivity contribution is 7.22. The van der Waals surface area contributed by atoms with Gasteiger partial charge in [0.25, 0.3) is 5.91 Å². The number of nitrogens with zero attached hydrogens (tertiary/aromatic N) is 2. The Balaban J connectivity index is 1.61. The van der Waals surface area contributed by atoms with Crippen LogP contribution in [0.15, 0.2) is 69.2 Å². The number of anilines is 1. The first kappa shape index (κ1) is 18.5. The van der Waals surface area contributed by atoms with E-state index in [9.17, 15) is 9.59 Å². The normalized spacial score (nSPS) is 15.8. The van der Waals surface area contributed by atoms with E-state index >= 15 is 0 Å². The average Bonchev–Trinajstić information content (AvgIpc) is 3.51. The fraction of sp³-hybridized carbons (Fsp3) is 0.125. The van der Waals surface area contributed by atoms with Gasteiger partial charge in [-0.1, -0.05) is 42.5 Å². The number of aryl methyl sites for hydroxylation is 1. The average molecular weight is 445 g/mol. The molecule has 1 aliphatic rings. The fourth-order valence-corrected chi connectivity index (χ4v) is 5.99. The Morgan fingerprint density at radius 2 is 1.97 bits per heavy atom. The largest absolute Gasteiger partial charge is 0.450 e. The van der Waals surface area contributed by atoms with Crippen LogP contribution >= 0.6 is 22.7 Å². The van der Waals surface area contributed by atoms with E-state index in [4.69, 9.17) is 9.40 Å². The molecular weight excluding hydrogens is 428 g/mol. The Morgan fingerprint density at radius 1 is 1.10 bits per heavy atom. The molecule has 0 radical (unpaired) electrons. The van der Waals surface area contributed by atoms with Gasteiger partial charge in [0.2, 0.25) is 5.76 Å². The number of thiophene rings is 1. The Labute approximate surface area is 185 Å². The van der Waals surface area contributed by atoms with E-state index in [1.54, 1.807) is 29.2 Å². The summed E-state index contributed by atoms with van der Waals surface area (Å²) in [5.74, 6) is -0.221. The van der Waals surface area contributed by atoms with Crippen molar-refractivity contribution in [2.75, 3.05) is 4.90 Å². The van der Waals surface area contributed by atoms with Gasteiger partial charge in [0.15, 0.2) is 10.6 Å². The predicted octanol–water partition coefficient (Wildman–Crippen LogP) is 5.78. The van der Waals surface area contributed by atoms with Crippen LogP contribution in [-0.4, -0.2) is 10.9 Å². The van der Waals surface area contributed by atoms with Crippen LogP contribution in [-0.2, 0) is 6.42 Å². The number of fused-ring (bicyclic) bond motifs is 3. The van der Waals surface area contributed by atoms with Gasteiger partial charge in [-0.05, 0) is 47.7 Å². The van der Waals surface area contributed by atoms with Crippen molar-refractivity contribution in [2.24, 2.45) is 0 Å². The van der Waals surface area contributed by atoms with Crippen LogP contribution in [0.3, 0.4) is 0 Å². The molecule has 0 fully saturated rings. The van der Waals surface area contributed by atoms with Crippen LogP contribution in [0, 0.1) is 0 Å². The van der Waals surface area contributed by atoms with E-state index in [1.165, 1.54) is 28.2 Å². The van der Waals surface area contributed by atoms with Crippen LogP contribution in [0.4, 0.5) is 5.13 Å². The standard InChI is InChI=1S/C24H16N2O3S2/c1-2-13-9-10-15-18(12-13)31-24(25-15)26-20(17-8-5-11-30-17)19-21(27)14-6-3-4-7-16(14)29-22(19)23(26)28/h3-12,20H,2H2,1H3/t20-/m0/s1. The summed E-state index contributed by atoms with van der Waals surface area (Å²) in [5.41, 5.74) is 2.70. The van der Waals surface area contributed by atoms with Crippen molar-refractivity contribution in [1.82, 2.24) is 4.98 Å². The third kappa shape index (κ3) is 2.70. The molecule has 0 N–H and O–H groups in total. The van der Waals surface area contributed by atoms with Gasteiger partial charge in [0.1, 0.15) is 11.6 Å². The second-order valence-electron chi connectivity index (χ2n) is 7.42. The summed E-state index contributed by atoms with van der Waals surface area (Å²) in [5, 5.41) is 3.00. The van der Waals surface area contributed by atoms with Gasteiger partial charge in [-0.3, -0.25) is 14.5 Å². The first-order chi connectivity index (χ1) is 15.2. The number of para-hydroxylation sites is 1. The third-order valence-electron chi connectivity index (χ3n) is 5.65. The van der Waals surface area contributed by atoms with Crippen molar-refractivity contribution < 1.29 is 9.21 Å². The molecule has 0 spiro atoms. The summed E-state index contributed by atoms with van der Waals surface area (Å²) in [4.78, 5) is 34.3. The molecule has 2 aromatic carbocycles. The lowest BCUT2D eigenvalue weighted by Gasteiger charge is -2.20. The molecule has 5 nitrogen and oxygen atoms in total. The zero-order chi connectivity index (χ0) is 21.1. The zero-order valence-corrected chi connectivity index (χ0v) is 18.1. The number of thiazole rings is 1. The van der Waals surface area contributed by atoms with Crippen molar-refractivity contribution >= 4 is 54.9 Å². The molecular formula is C24H16N2O3S2. The van der Waals surface area contributed by atoms with Crippen molar-refractivity contribution in [3.05, 3.63) is 92.0 Å². The minimum atomic E-state index is -0.547. The molecule has 7 heteroatoms. The molecule has 1 atom stereocenters. The minimum Gasteiger partial charge on any atom is -0.450 e. The summed E-state index contributed by atoms with van der Waals surface area (Å²) in [7, 11) is 0. The van der Waals surface area contributed by atoms with Crippen molar-refractivity contribution in [3.63, 3.8) is 0 Å². The van der Waals surface area contributed by atoms with Crippen LogP contribution in [0.1, 0.15) is 39.5 Å². The molecule has 6 rings (SSSR count). The predicted molar refractivity (Wildman–Crippen MR) is 124 cm³/mol. The first-order valence-electron chi connectivity index (χ1n) is 9.98. The van der Waals surface area contributed by atoms with Crippen LogP contribution < -0.4 is 10.3 Å². The number of aromatic nitrogens is 1. The molecule has 0 aliphatic carbocycles. The molecule has 5 aromatic rings. The molecule has 0 unspecified atom stereocenters. The molecule has 0 saturated heterocycles. The molecule has 31 heavy (non-hydrogen) atoms. The summed E-state index contributed by atoms with van der Waals surface area (Å²) in [6.45, 7) is 2.11. The summed E-state index contributed by atoms with van der Waals surface area (Å²) in [6, 6.07) is 16.5. The summed E-state index contributed by atoms with van der Waals surface area (Å²) in [6.07, 6.45) is 0.931. The topological polar surface area (TPSA) is 63.4 Å². The maximum absolute atomic E-state index is 13.6. The van der Waals surface area contributed by atoms with E-state index in [-0.39, 0.29) is 17.1 Å². The number of benzene rings is 2. The zero-order valence-electron chi connectivity index (χ0n) is 16.5. The molecule has 4 heterocycles. The van der Waals surface area contributed by atoms with Gasteiger partial charge in [-0.25, -0.2) is 4.98 Å². The first-order valence-corrected chi connectivity index (χ1v) is 11.7. The SMILES string of the molecule is CCc1ccc2nc(N3C(=O)c4oc5ccccc5c(=O)c4[C@@H]3c3cccs3)sc2c1. The van der Waals surface area contributed by atoms with Gasteiger partial charge in [0.05, 0.1) is 21.2 Å². The Kier molecular flexibility index (Phi) is 4.09. The van der Waals surface area contributed by atoms with Gasteiger partial charge in [-0.15, -0.1) is 11.3 Å². The number of rotatable bonds is 3. The maximum atomic E-state index is 13.6. The molecule has 0 bridgehead atoms. The van der Waals surface area contributed by atoms with E-state index in [2.05, 4.69) is 19.1 Å². The van der Waals surface area contributed by atoms with E-state index < -0.39 is 6.04 Å². The lowest BCUT2D eigenvalue weighted by Crippen LogP contribution is -2.28. The van der Waals surface area contributed by atoms with E-state index in [1.807, 2.05) is 23.6 Å². The lowest BCUT2D eigenvalue weighted by atomic mass is 10.0. The Bertz CT molecular complexity index is 1530. The maximum Gasteiger partial charge on any atom is 0.297 e. The van der Waals surface area contributed by atoms with Crippen molar-refractivity contribution in [3.8, 4) is 0 Å². The van der Waals surface area contributed by atoms with Gasteiger partial charge in [0, 0.05) is 4.88 Å². The Morgan fingerprint density at radius 3 is 2.77 bits per heavy atom. The van der Waals surface area contributed by atoms with E-state index in [0.717, 1.165) is 21.5 Å². The monoisotopic (exact) mass is 444 g/mol.